The normalized spacial score (nSPS) is 10.8. The molecule has 0 aliphatic heterocycles. The molecule has 0 bridgehead atoms. The van der Waals surface area contributed by atoms with Crippen LogP contribution in [0.1, 0.15) is 26.3 Å². The van der Waals surface area contributed by atoms with Crippen LogP contribution in [0.25, 0.3) is 10.9 Å². The molecular weight excluding hydrogens is 412 g/mol. The fourth-order valence-corrected chi connectivity index (χ4v) is 3.72. The number of para-hydroxylation sites is 2. The van der Waals surface area contributed by atoms with Gasteiger partial charge in [-0.3, -0.25) is 9.59 Å². The molecule has 1 amide bonds. The Bertz CT molecular complexity index is 1260. The van der Waals surface area contributed by atoms with Crippen molar-refractivity contribution in [3.05, 3.63) is 101 Å². The first-order valence-electron chi connectivity index (χ1n) is 9.90. The zero-order chi connectivity index (χ0) is 21.8. The fourth-order valence-electron chi connectivity index (χ4n) is 3.53. The summed E-state index contributed by atoms with van der Waals surface area (Å²) in [5, 5.41) is 4.00. The molecule has 0 aliphatic rings. The number of fused-ring (bicyclic) bond motifs is 1. The number of ether oxygens (including phenoxy) is 1. The van der Waals surface area contributed by atoms with Crippen LogP contribution < -0.4 is 10.1 Å². The van der Waals surface area contributed by atoms with Gasteiger partial charge in [-0.15, -0.1) is 0 Å². The smallest absolute Gasteiger partial charge is 0.251 e. The molecule has 1 heterocycles. The standard InChI is InChI=1S/C25H21ClN2O3/c1-27-25(30)18-8-6-7-17(15-18)24(29)20-16-28(22-11-4-2-9-19(20)22)13-14-31-23-12-5-3-10-21(23)26/h2-12,15-16H,13-14H2,1H3,(H,27,30). The van der Waals surface area contributed by atoms with E-state index < -0.39 is 0 Å². The van der Waals surface area contributed by atoms with Crippen LogP contribution in [0.2, 0.25) is 5.02 Å². The summed E-state index contributed by atoms with van der Waals surface area (Å²) < 4.78 is 7.82. The molecule has 156 valence electrons. The first-order valence-corrected chi connectivity index (χ1v) is 10.3. The largest absolute Gasteiger partial charge is 0.490 e. The van der Waals surface area contributed by atoms with Gasteiger partial charge in [0.15, 0.2) is 5.78 Å². The Labute approximate surface area is 185 Å². The molecule has 1 aromatic heterocycles. The maximum Gasteiger partial charge on any atom is 0.251 e. The lowest BCUT2D eigenvalue weighted by Gasteiger charge is -2.09. The number of benzene rings is 3. The van der Waals surface area contributed by atoms with Gasteiger partial charge in [0.25, 0.3) is 5.91 Å². The Morgan fingerprint density at radius 2 is 1.71 bits per heavy atom. The van der Waals surface area contributed by atoms with Crippen LogP contribution >= 0.6 is 11.6 Å². The molecule has 6 heteroatoms. The number of rotatable bonds is 7. The van der Waals surface area contributed by atoms with Crippen molar-refractivity contribution < 1.29 is 14.3 Å². The van der Waals surface area contributed by atoms with Crippen LogP contribution in [-0.2, 0) is 6.54 Å². The molecule has 3 aromatic carbocycles. The lowest BCUT2D eigenvalue weighted by Crippen LogP contribution is -2.18. The number of carbonyl (C=O) groups excluding carboxylic acids is 2. The number of halogens is 1. The minimum Gasteiger partial charge on any atom is -0.490 e. The van der Waals surface area contributed by atoms with Crippen molar-refractivity contribution in [1.29, 1.82) is 0 Å². The van der Waals surface area contributed by atoms with E-state index in [1.54, 1.807) is 37.4 Å². The SMILES string of the molecule is CNC(=O)c1cccc(C(=O)c2cn(CCOc3ccccc3Cl)c3ccccc23)c1. The molecule has 4 aromatic rings. The second-order valence-electron chi connectivity index (χ2n) is 7.02. The Hall–Kier alpha value is -3.57. The third-order valence-corrected chi connectivity index (χ3v) is 5.39. The highest BCUT2D eigenvalue weighted by Gasteiger charge is 2.18. The number of nitrogens with one attached hydrogen (secondary N) is 1. The first-order chi connectivity index (χ1) is 15.1. The number of amides is 1. The van der Waals surface area contributed by atoms with E-state index in [4.69, 9.17) is 16.3 Å². The highest BCUT2D eigenvalue weighted by molar-refractivity contribution is 6.32. The molecule has 0 atom stereocenters. The van der Waals surface area contributed by atoms with Gasteiger partial charge in [0, 0.05) is 40.8 Å². The lowest BCUT2D eigenvalue weighted by molar-refractivity contribution is 0.0963. The van der Waals surface area contributed by atoms with Crippen molar-refractivity contribution >= 4 is 34.2 Å². The average molecular weight is 433 g/mol. The highest BCUT2D eigenvalue weighted by atomic mass is 35.5. The average Bonchev–Trinajstić information content (AvgIpc) is 3.18. The van der Waals surface area contributed by atoms with E-state index in [2.05, 4.69) is 5.32 Å². The molecule has 0 radical (unpaired) electrons. The van der Waals surface area contributed by atoms with Gasteiger partial charge in [-0.05, 0) is 30.3 Å². The quantitative estimate of drug-likeness (QED) is 0.420. The Morgan fingerprint density at radius 3 is 2.52 bits per heavy atom. The molecule has 0 fully saturated rings. The number of hydrogen-bond donors (Lipinski definition) is 1. The summed E-state index contributed by atoms with van der Waals surface area (Å²) in [6, 6.07) is 21.8. The van der Waals surface area contributed by atoms with E-state index >= 15 is 0 Å². The maximum atomic E-state index is 13.3. The Morgan fingerprint density at radius 1 is 0.968 bits per heavy atom. The Balaban J connectivity index is 1.61. The van der Waals surface area contributed by atoms with Gasteiger partial charge in [-0.1, -0.05) is 54.1 Å². The fraction of sp³-hybridized carbons (Fsp3) is 0.120. The molecule has 4 rings (SSSR count). The van der Waals surface area contributed by atoms with Crippen LogP contribution in [0.3, 0.4) is 0 Å². The molecule has 0 aliphatic carbocycles. The highest BCUT2D eigenvalue weighted by Crippen LogP contribution is 2.26. The van der Waals surface area contributed by atoms with E-state index in [9.17, 15) is 9.59 Å². The second-order valence-corrected chi connectivity index (χ2v) is 7.43. The van der Waals surface area contributed by atoms with Crippen molar-refractivity contribution in [2.75, 3.05) is 13.7 Å². The van der Waals surface area contributed by atoms with Gasteiger partial charge >= 0.3 is 0 Å². The van der Waals surface area contributed by atoms with Gasteiger partial charge in [0.05, 0.1) is 11.6 Å². The number of carbonyl (C=O) groups is 2. The van der Waals surface area contributed by atoms with E-state index in [0.717, 1.165) is 10.9 Å². The van der Waals surface area contributed by atoms with Crippen LogP contribution in [0.4, 0.5) is 0 Å². The molecule has 31 heavy (non-hydrogen) atoms. The van der Waals surface area contributed by atoms with E-state index in [-0.39, 0.29) is 11.7 Å². The van der Waals surface area contributed by atoms with Crippen LogP contribution in [0.15, 0.2) is 79.0 Å². The summed E-state index contributed by atoms with van der Waals surface area (Å²) in [5.41, 5.74) is 2.44. The second kappa shape index (κ2) is 9.06. The predicted molar refractivity (Wildman–Crippen MR) is 122 cm³/mol. The summed E-state index contributed by atoms with van der Waals surface area (Å²) in [5.74, 6) is 0.268. The minimum atomic E-state index is -0.228. The molecular formula is C25H21ClN2O3. The zero-order valence-electron chi connectivity index (χ0n) is 17.0. The van der Waals surface area contributed by atoms with Crippen molar-refractivity contribution in [3.8, 4) is 5.75 Å². The minimum absolute atomic E-state index is 0.132. The summed E-state index contributed by atoms with van der Waals surface area (Å²) in [6.07, 6.45) is 1.84. The zero-order valence-corrected chi connectivity index (χ0v) is 17.7. The molecule has 5 nitrogen and oxygen atoms in total. The van der Waals surface area contributed by atoms with Gasteiger partial charge in [-0.25, -0.2) is 0 Å². The van der Waals surface area contributed by atoms with Crippen molar-refractivity contribution in [1.82, 2.24) is 9.88 Å². The van der Waals surface area contributed by atoms with Gasteiger partial charge in [0.2, 0.25) is 0 Å². The monoisotopic (exact) mass is 432 g/mol. The molecule has 0 saturated heterocycles. The molecule has 0 spiro atoms. The number of aromatic nitrogens is 1. The number of hydrogen-bond acceptors (Lipinski definition) is 3. The van der Waals surface area contributed by atoms with Gasteiger partial charge < -0.3 is 14.6 Å². The van der Waals surface area contributed by atoms with E-state index in [1.807, 2.05) is 53.2 Å². The Kier molecular flexibility index (Phi) is 6.05. The lowest BCUT2D eigenvalue weighted by atomic mass is 10.0. The van der Waals surface area contributed by atoms with Crippen molar-refractivity contribution in [2.45, 2.75) is 6.54 Å². The van der Waals surface area contributed by atoms with Crippen molar-refractivity contribution in [2.24, 2.45) is 0 Å². The summed E-state index contributed by atoms with van der Waals surface area (Å²) >= 11 is 6.16. The van der Waals surface area contributed by atoms with Crippen molar-refractivity contribution in [3.63, 3.8) is 0 Å². The van der Waals surface area contributed by atoms with Crippen LogP contribution in [0, 0.1) is 0 Å². The first kappa shape index (κ1) is 20.7. The maximum absolute atomic E-state index is 13.3. The summed E-state index contributed by atoms with van der Waals surface area (Å²) in [6.45, 7) is 0.958. The van der Waals surface area contributed by atoms with E-state index in [0.29, 0.717) is 40.6 Å². The van der Waals surface area contributed by atoms with E-state index in [1.165, 1.54) is 0 Å². The third-order valence-electron chi connectivity index (χ3n) is 5.07. The molecule has 0 unspecified atom stereocenters. The van der Waals surface area contributed by atoms with Crippen LogP contribution in [-0.4, -0.2) is 29.9 Å². The molecule has 0 saturated carbocycles. The van der Waals surface area contributed by atoms with Crippen LogP contribution in [0.5, 0.6) is 5.75 Å². The summed E-state index contributed by atoms with van der Waals surface area (Å²) in [7, 11) is 1.56. The number of ketones is 1. The number of nitrogens with zero attached hydrogens (tertiary/aromatic N) is 1. The van der Waals surface area contributed by atoms with Gasteiger partial charge in [-0.2, -0.15) is 0 Å². The summed E-state index contributed by atoms with van der Waals surface area (Å²) in [4.78, 5) is 25.2. The third kappa shape index (κ3) is 4.32. The van der Waals surface area contributed by atoms with Gasteiger partial charge in [0.1, 0.15) is 12.4 Å². The molecule has 1 N–H and O–H groups in total. The predicted octanol–water partition coefficient (Wildman–Crippen LogP) is 4.96. The topological polar surface area (TPSA) is 60.3 Å².